The predicted octanol–water partition coefficient (Wildman–Crippen LogP) is 1.49. The SMILES string of the molecule is CN(CCCC(=O)O)C(=O)[C@@H]1COc2ccccc21. The molecule has 0 bridgehead atoms. The van der Waals surface area contributed by atoms with Gasteiger partial charge in [0.1, 0.15) is 18.3 Å². The molecule has 0 unspecified atom stereocenters. The average Bonchev–Trinajstić information content (AvgIpc) is 2.81. The van der Waals surface area contributed by atoms with Crippen molar-refractivity contribution in [2.75, 3.05) is 20.2 Å². The van der Waals surface area contributed by atoms with Crippen LogP contribution in [0.25, 0.3) is 0 Å². The molecule has 5 heteroatoms. The van der Waals surface area contributed by atoms with Gasteiger partial charge in [-0.05, 0) is 12.5 Å². The van der Waals surface area contributed by atoms with Crippen molar-refractivity contribution in [3.05, 3.63) is 29.8 Å². The molecule has 0 aliphatic carbocycles. The van der Waals surface area contributed by atoms with E-state index >= 15 is 0 Å². The summed E-state index contributed by atoms with van der Waals surface area (Å²) in [6.07, 6.45) is 0.544. The Morgan fingerprint density at radius 2 is 2.16 bits per heavy atom. The highest BCUT2D eigenvalue weighted by atomic mass is 16.5. The molecular weight excluding hydrogens is 246 g/mol. The van der Waals surface area contributed by atoms with Crippen molar-refractivity contribution in [3.8, 4) is 5.75 Å². The third-order valence-electron chi connectivity index (χ3n) is 3.26. The van der Waals surface area contributed by atoms with Crippen molar-refractivity contribution in [1.82, 2.24) is 4.90 Å². The third-order valence-corrected chi connectivity index (χ3v) is 3.26. The second-order valence-electron chi connectivity index (χ2n) is 4.66. The van der Waals surface area contributed by atoms with Gasteiger partial charge in [0.15, 0.2) is 0 Å². The standard InChI is InChI=1S/C14H17NO4/c1-15(8-4-7-13(16)17)14(18)11-9-19-12-6-3-2-5-10(11)12/h2-3,5-6,11H,4,7-9H2,1H3,(H,16,17)/t11-/m1/s1. The molecule has 5 nitrogen and oxygen atoms in total. The van der Waals surface area contributed by atoms with Gasteiger partial charge in [0.25, 0.3) is 0 Å². The zero-order chi connectivity index (χ0) is 13.8. The minimum Gasteiger partial charge on any atom is -0.492 e. The van der Waals surface area contributed by atoms with E-state index in [1.54, 1.807) is 11.9 Å². The summed E-state index contributed by atoms with van der Waals surface area (Å²) in [5, 5.41) is 8.58. The summed E-state index contributed by atoms with van der Waals surface area (Å²) in [7, 11) is 1.70. The van der Waals surface area contributed by atoms with E-state index < -0.39 is 5.97 Å². The van der Waals surface area contributed by atoms with Crippen molar-refractivity contribution in [3.63, 3.8) is 0 Å². The number of benzene rings is 1. The predicted molar refractivity (Wildman–Crippen MR) is 69.2 cm³/mol. The Morgan fingerprint density at radius 3 is 2.89 bits per heavy atom. The van der Waals surface area contributed by atoms with E-state index in [9.17, 15) is 9.59 Å². The number of carbonyl (C=O) groups is 2. The molecule has 1 aliphatic rings. The number of carbonyl (C=O) groups excluding carboxylic acids is 1. The number of carboxylic acids is 1. The Labute approximate surface area is 111 Å². The number of ether oxygens (including phenoxy) is 1. The van der Waals surface area contributed by atoms with E-state index in [0.717, 1.165) is 11.3 Å². The van der Waals surface area contributed by atoms with E-state index in [4.69, 9.17) is 9.84 Å². The van der Waals surface area contributed by atoms with E-state index in [0.29, 0.717) is 19.6 Å². The smallest absolute Gasteiger partial charge is 0.303 e. The van der Waals surface area contributed by atoms with Crippen molar-refractivity contribution in [2.24, 2.45) is 0 Å². The number of nitrogens with zero attached hydrogens (tertiary/aromatic N) is 1. The fraction of sp³-hybridized carbons (Fsp3) is 0.429. The van der Waals surface area contributed by atoms with Gasteiger partial charge in [-0.3, -0.25) is 9.59 Å². The van der Waals surface area contributed by atoms with Crippen LogP contribution in [0.1, 0.15) is 24.3 Å². The Morgan fingerprint density at radius 1 is 1.42 bits per heavy atom. The largest absolute Gasteiger partial charge is 0.492 e. The minimum atomic E-state index is -0.838. The second kappa shape index (κ2) is 5.73. The summed E-state index contributed by atoms with van der Waals surface area (Å²) in [5.74, 6) is -0.364. The van der Waals surface area contributed by atoms with Crippen LogP contribution >= 0.6 is 0 Å². The zero-order valence-corrected chi connectivity index (χ0v) is 10.8. The van der Waals surface area contributed by atoms with Gasteiger partial charge >= 0.3 is 5.97 Å². The lowest BCUT2D eigenvalue weighted by Gasteiger charge is -2.20. The average molecular weight is 263 g/mol. The van der Waals surface area contributed by atoms with Crippen LogP contribution in [0.4, 0.5) is 0 Å². The molecule has 0 saturated heterocycles. The molecule has 102 valence electrons. The van der Waals surface area contributed by atoms with Gasteiger partial charge in [0.2, 0.25) is 5.91 Å². The number of para-hydroxylation sites is 1. The van der Waals surface area contributed by atoms with Gasteiger partial charge in [0.05, 0.1) is 0 Å². The van der Waals surface area contributed by atoms with Crippen LogP contribution in [0.15, 0.2) is 24.3 Å². The molecule has 1 heterocycles. The number of likely N-dealkylation sites (N-methyl/N-ethyl adjacent to an activating group) is 1. The number of amides is 1. The van der Waals surface area contributed by atoms with Crippen LogP contribution in [-0.2, 0) is 9.59 Å². The van der Waals surface area contributed by atoms with Crippen LogP contribution in [0, 0.1) is 0 Å². The summed E-state index contributed by atoms with van der Waals surface area (Å²) in [6, 6.07) is 7.52. The molecule has 0 radical (unpaired) electrons. The van der Waals surface area contributed by atoms with Crippen LogP contribution < -0.4 is 4.74 Å². The first-order chi connectivity index (χ1) is 9.09. The van der Waals surface area contributed by atoms with Gasteiger partial charge in [-0.15, -0.1) is 0 Å². The molecular formula is C14H17NO4. The molecule has 0 spiro atoms. The monoisotopic (exact) mass is 263 g/mol. The van der Waals surface area contributed by atoms with Gasteiger partial charge in [-0.2, -0.15) is 0 Å². The molecule has 2 rings (SSSR count). The highest BCUT2D eigenvalue weighted by Crippen LogP contribution is 2.34. The first-order valence-electron chi connectivity index (χ1n) is 6.28. The Balaban J connectivity index is 1.95. The molecule has 1 N–H and O–H groups in total. The first kappa shape index (κ1) is 13.4. The lowest BCUT2D eigenvalue weighted by Crippen LogP contribution is -2.33. The van der Waals surface area contributed by atoms with Crippen molar-refractivity contribution < 1.29 is 19.4 Å². The molecule has 1 atom stereocenters. The van der Waals surface area contributed by atoms with Gasteiger partial charge in [-0.25, -0.2) is 0 Å². The fourth-order valence-corrected chi connectivity index (χ4v) is 2.21. The first-order valence-corrected chi connectivity index (χ1v) is 6.28. The molecule has 1 aromatic rings. The van der Waals surface area contributed by atoms with Crippen molar-refractivity contribution >= 4 is 11.9 Å². The third kappa shape index (κ3) is 3.05. The van der Waals surface area contributed by atoms with Crippen LogP contribution in [-0.4, -0.2) is 42.1 Å². The molecule has 0 fully saturated rings. The van der Waals surface area contributed by atoms with Crippen molar-refractivity contribution in [1.29, 1.82) is 0 Å². The van der Waals surface area contributed by atoms with Crippen molar-refractivity contribution in [2.45, 2.75) is 18.8 Å². The maximum atomic E-state index is 12.3. The van der Waals surface area contributed by atoms with Crippen LogP contribution in [0.3, 0.4) is 0 Å². The number of fused-ring (bicyclic) bond motifs is 1. The van der Waals surface area contributed by atoms with Gasteiger partial charge in [0, 0.05) is 25.6 Å². The highest BCUT2D eigenvalue weighted by molar-refractivity contribution is 5.85. The van der Waals surface area contributed by atoms with Gasteiger partial charge in [-0.1, -0.05) is 18.2 Å². The number of rotatable bonds is 5. The van der Waals surface area contributed by atoms with E-state index in [2.05, 4.69) is 0 Å². The number of aliphatic carboxylic acids is 1. The van der Waals surface area contributed by atoms with E-state index in [-0.39, 0.29) is 18.2 Å². The number of hydrogen-bond donors (Lipinski definition) is 1. The van der Waals surface area contributed by atoms with Gasteiger partial charge < -0.3 is 14.7 Å². The Bertz CT molecular complexity index is 486. The molecule has 1 amide bonds. The highest BCUT2D eigenvalue weighted by Gasteiger charge is 2.31. The maximum Gasteiger partial charge on any atom is 0.303 e. The number of carboxylic acid groups (broad SMARTS) is 1. The fourth-order valence-electron chi connectivity index (χ4n) is 2.21. The lowest BCUT2D eigenvalue weighted by molar-refractivity contribution is -0.138. The maximum absolute atomic E-state index is 12.3. The molecule has 1 aliphatic heterocycles. The van der Waals surface area contributed by atoms with Crippen LogP contribution in [0.5, 0.6) is 5.75 Å². The summed E-state index contributed by atoms with van der Waals surface area (Å²) >= 11 is 0. The topological polar surface area (TPSA) is 66.8 Å². The van der Waals surface area contributed by atoms with E-state index in [1.165, 1.54) is 0 Å². The normalized spacial score (nSPS) is 16.6. The summed E-state index contributed by atoms with van der Waals surface area (Å²) in [5.41, 5.74) is 0.914. The van der Waals surface area contributed by atoms with E-state index in [1.807, 2.05) is 24.3 Å². The summed E-state index contributed by atoms with van der Waals surface area (Å²) in [4.78, 5) is 24.3. The Kier molecular flexibility index (Phi) is 4.04. The minimum absolute atomic E-state index is 0.0182. The summed E-state index contributed by atoms with van der Waals surface area (Å²) < 4.78 is 5.48. The van der Waals surface area contributed by atoms with Crippen LogP contribution in [0.2, 0.25) is 0 Å². The summed E-state index contributed by atoms with van der Waals surface area (Å²) in [6.45, 7) is 0.811. The Hall–Kier alpha value is -2.04. The molecule has 0 aromatic heterocycles. The molecule has 19 heavy (non-hydrogen) atoms. The molecule has 0 saturated carbocycles. The second-order valence-corrected chi connectivity index (χ2v) is 4.66. The number of hydrogen-bond acceptors (Lipinski definition) is 3. The molecule has 1 aromatic carbocycles. The zero-order valence-electron chi connectivity index (χ0n) is 10.8. The quantitative estimate of drug-likeness (QED) is 0.874. The lowest BCUT2D eigenvalue weighted by atomic mass is 10.00.